The summed E-state index contributed by atoms with van der Waals surface area (Å²) >= 11 is 12.0. The SMILES string of the molecule is O=C(CN1C(=O)[C@@H]2CCCC[C@H]2C1=O)N(CCCO)Cc1ccc(Cl)c(Cl)c1. The van der Waals surface area contributed by atoms with E-state index in [0.29, 0.717) is 23.0 Å². The summed E-state index contributed by atoms with van der Waals surface area (Å²) in [5.74, 6) is -1.30. The Balaban J connectivity index is 1.71. The molecule has 1 saturated heterocycles. The number of carbonyl (C=O) groups is 3. The van der Waals surface area contributed by atoms with Crippen LogP contribution in [0.3, 0.4) is 0 Å². The first-order valence-corrected chi connectivity index (χ1v) is 10.4. The molecule has 1 aromatic carbocycles. The van der Waals surface area contributed by atoms with Crippen LogP contribution in [0.2, 0.25) is 10.0 Å². The molecule has 1 heterocycles. The van der Waals surface area contributed by atoms with Gasteiger partial charge in [0.15, 0.2) is 0 Å². The fraction of sp³-hybridized carbons (Fsp3) is 0.550. The van der Waals surface area contributed by atoms with Crippen molar-refractivity contribution < 1.29 is 19.5 Å². The van der Waals surface area contributed by atoms with Crippen LogP contribution in [0, 0.1) is 11.8 Å². The molecule has 2 fully saturated rings. The van der Waals surface area contributed by atoms with Gasteiger partial charge in [-0.2, -0.15) is 0 Å². The van der Waals surface area contributed by atoms with E-state index in [-0.39, 0.29) is 49.3 Å². The minimum Gasteiger partial charge on any atom is -0.396 e. The van der Waals surface area contributed by atoms with E-state index >= 15 is 0 Å². The van der Waals surface area contributed by atoms with Crippen molar-refractivity contribution in [3.05, 3.63) is 33.8 Å². The number of benzene rings is 1. The number of amides is 3. The lowest BCUT2D eigenvalue weighted by molar-refractivity contribution is -0.146. The molecule has 0 spiro atoms. The zero-order chi connectivity index (χ0) is 20.3. The molecular weight excluding hydrogens is 403 g/mol. The van der Waals surface area contributed by atoms with Crippen LogP contribution in [-0.4, -0.2) is 52.3 Å². The Morgan fingerprint density at radius 3 is 2.32 bits per heavy atom. The van der Waals surface area contributed by atoms with E-state index in [9.17, 15) is 14.4 Å². The number of halogens is 2. The monoisotopic (exact) mass is 426 g/mol. The molecule has 3 rings (SSSR count). The minimum atomic E-state index is -0.320. The highest BCUT2D eigenvalue weighted by Crippen LogP contribution is 2.38. The molecule has 28 heavy (non-hydrogen) atoms. The van der Waals surface area contributed by atoms with Gasteiger partial charge >= 0.3 is 0 Å². The summed E-state index contributed by atoms with van der Waals surface area (Å²) in [5.41, 5.74) is 0.786. The van der Waals surface area contributed by atoms with Gasteiger partial charge in [0.2, 0.25) is 17.7 Å². The highest BCUT2D eigenvalue weighted by Gasteiger charge is 2.48. The maximum atomic E-state index is 12.9. The average Bonchev–Trinajstić information content (AvgIpc) is 2.93. The average molecular weight is 427 g/mol. The normalized spacial score (nSPS) is 21.8. The molecule has 1 aliphatic carbocycles. The van der Waals surface area contributed by atoms with Crippen molar-refractivity contribution in [3.63, 3.8) is 0 Å². The van der Waals surface area contributed by atoms with Crippen molar-refractivity contribution in [2.75, 3.05) is 19.7 Å². The third-order valence-corrected chi connectivity index (χ3v) is 6.26. The molecule has 0 radical (unpaired) electrons. The van der Waals surface area contributed by atoms with E-state index in [0.717, 1.165) is 36.1 Å². The first-order chi connectivity index (χ1) is 13.4. The molecule has 8 heteroatoms. The number of hydrogen-bond acceptors (Lipinski definition) is 4. The number of aliphatic hydroxyl groups excluding tert-OH is 1. The molecule has 1 aromatic rings. The molecule has 152 valence electrons. The molecule has 2 aliphatic rings. The van der Waals surface area contributed by atoms with Crippen LogP contribution in [-0.2, 0) is 20.9 Å². The van der Waals surface area contributed by atoms with E-state index in [1.807, 2.05) is 0 Å². The highest BCUT2D eigenvalue weighted by molar-refractivity contribution is 6.42. The summed E-state index contributed by atoms with van der Waals surface area (Å²) in [7, 11) is 0. The van der Waals surface area contributed by atoms with E-state index in [4.69, 9.17) is 28.3 Å². The number of likely N-dealkylation sites (tertiary alicyclic amines) is 1. The zero-order valence-electron chi connectivity index (χ0n) is 15.6. The molecule has 1 aliphatic heterocycles. The van der Waals surface area contributed by atoms with Crippen LogP contribution < -0.4 is 0 Å². The lowest BCUT2D eigenvalue weighted by atomic mass is 9.81. The largest absolute Gasteiger partial charge is 0.396 e. The molecular formula is C20H24Cl2N2O4. The van der Waals surface area contributed by atoms with Crippen molar-refractivity contribution in [1.29, 1.82) is 0 Å². The van der Waals surface area contributed by atoms with Gasteiger partial charge in [0.1, 0.15) is 6.54 Å². The van der Waals surface area contributed by atoms with Gasteiger partial charge in [-0.1, -0.05) is 42.1 Å². The van der Waals surface area contributed by atoms with E-state index in [1.54, 1.807) is 23.1 Å². The molecule has 0 aromatic heterocycles. The van der Waals surface area contributed by atoms with Crippen molar-refractivity contribution in [3.8, 4) is 0 Å². The molecule has 1 saturated carbocycles. The van der Waals surface area contributed by atoms with Crippen LogP contribution in [0.1, 0.15) is 37.7 Å². The van der Waals surface area contributed by atoms with Crippen LogP contribution >= 0.6 is 23.2 Å². The number of hydrogen-bond donors (Lipinski definition) is 1. The molecule has 2 atom stereocenters. The summed E-state index contributed by atoms with van der Waals surface area (Å²) in [6.07, 6.45) is 3.74. The van der Waals surface area contributed by atoms with Gasteiger partial charge in [0, 0.05) is 19.7 Å². The Morgan fingerprint density at radius 1 is 1.11 bits per heavy atom. The molecule has 3 amide bonds. The predicted octanol–water partition coefficient (Wildman–Crippen LogP) is 2.88. The summed E-state index contributed by atoms with van der Waals surface area (Å²) in [6, 6.07) is 5.12. The third-order valence-electron chi connectivity index (χ3n) is 5.52. The minimum absolute atomic E-state index is 0.0587. The predicted molar refractivity (Wildman–Crippen MR) is 106 cm³/mol. The van der Waals surface area contributed by atoms with Crippen molar-refractivity contribution in [2.45, 2.75) is 38.6 Å². The summed E-state index contributed by atoms with van der Waals surface area (Å²) in [6.45, 7) is 0.270. The van der Waals surface area contributed by atoms with Gasteiger partial charge in [-0.05, 0) is 37.0 Å². The van der Waals surface area contributed by atoms with E-state index < -0.39 is 0 Å². The topological polar surface area (TPSA) is 77.9 Å². The first-order valence-electron chi connectivity index (χ1n) is 9.60. The Kier molecular flexibility index (Phi) is 6.96. The molecule has 0 bridgehead atoms. The Morgan fingerprint density at radius 2 is 1.75 bits per heavy atom. The fourth-order valence-electron chi connectivity index (χ4n) is 4.03. The Labute approximate surface area is 174 Å². The highest BCUT2D eigenvalue weighted by atomic mass is 35.5. The number of fused-ring (bicyclic) bond motifs is 1. The van der Waals surface area contributed by atoms with Crippen LogP contribution in [0.15, 0.2) is 18.2 Å². The maximum Gasteiger partial charge on any atom is 0.243 e. The smallest absolute Gasteiger partial charge is 0.243 e. The second kappa shape index (κ2) is 9.25. The van der Waals surface area contributed by atoms with Crippen molar-refractivity contribution >= 4 is 40.9 Å². The summed E-state index contributed by atoms with van der Waals surface area (Å²) in [5, 5.41) is 9.97. The van der Waals surface area contributed by atoms with Gasteiger partial charge < -0.3 is 10.0 Å². The second-order valence-electron chi connectivity index (χ2n) is 7.40. The standard InChI is InChI=1S/C20H24Cl2N2O4/c21-16-7-6-13(10-17(16)22)11-23(8-3-9-25)18(26)12-24-19(27)14-4-1-2-5-15(14)20(24)28/h6-7,10,14-15,25H,1-5,8-9,11-12H2/t14-,15-/m1/s1. The molecule has 0 unspecified atom stereocenters. The number of aliphatic hydroxyl groups is 1. The Bertz CT molecular complexity index is 747. The van der Waals surface area contributed by atoms with E-state index in [1.165, 1.54) is 0 Å². The lowest BCUT2D eigenvalue weighted by Gasteiger charge is -2.25. The van der Waals surface area contributed by atoms with E-state index in [2.05, 4.69) is 0 Å². The first kappa shape index (κ1) is 21.1. The molecule has 6 nitrogen and oxygen atoms in total. The number of carbonyl (C=O) groups excluding carboxylic acids is 3. The maximum absolute atomic E-state index is 12.9. The van der Waals surface area contributed by atoms with Crippen molar-refractivity contribution in [2.24, 2.45) is 11.8 Å². The number of imide groups is 1. The second-order valence-corrected chi connectivity index (χ2v) is 8.22. The van der Waals surface area contributed by atoms with Gasteiger partial charge in [0.05, 0.1) is 21.9 Å². The summed E-state index contributed by atoms with van der Waals surface area (Å²) < 4.78 is 0. The van der Waals surface area contributed by atoms with Crippen molar-refractivity contribution in [1.82, 2.24) is 9.80 Å². The van der Waals surface area contributed by atoms with Gasteiger partial charge in [-0.25, -0.2) is 0 Å². The zero-order valence-corrected chi connectivity index (χ0v) is 17.1. The fourth-order valence-corrected chi connectivity index (χ4v) is 4.35. The quantitative estimate of drug-likeness (QED) is 0.679. The van der Waals surface area contributed by atoms with Crippen LogP contribution in [0.25, 0.3) is 0 Å². The molecule has 1 N–H and O–H groups in total. The third kappa shape index (κ3) is 4.50. The van der Waals surface area contributed by atoms with Crippen LogP contribution in [0.4, 0.5) is 0 Å². The number of rotatable bonds is 7. The Hall–Kier alpha value is -1.63. The van der Waals surface area contributed by atoms with Gasteiger partial charge in [0.25, 0.3) is 0 Å². The van der Waals surface area contributed by atoms with Crippen LogP contribution in [0.5, 0.6) is 0 Å². The lowest BCUT2D eigenvalue weighted by Crippen LogP contribution is -2.43. The van der Waals surface area contributed by atoms with Gasteiger partial charge in [-0.15, -0.1) is 0 Å². The van der Waals surface area contributed by atoms with Gasteiger partial charge in [-0.3, -0.25) is 19.3 Å². The number of nitrogens with zero attached hydrogens (tertiary/aromatic N) is 2. The summed E-state index contributed by atoms with van der Waals surface area (Å²) in [4.78, 5) is 40.8.